The molecule has 1 saturated heterocycles. The lowest BCUT2D eigenvalue weighted by atomic mass is 9.91. The van der Waals surface area contributed by atoms with Gasteiger partial charge in [-0.1, -0.05) is 13.8 Å². The molecule has 1 aromatic heterocycles. The number of hydrogen-bond donors (Lipinski definition) is 3. The van der Waals surface area contributed by atoms with E-state index in [9.17, 15) is 19.2 Å². The Morgan fingerprint density at radius 2 is 1.92 bits per heavy atom. The van der Waals surface area contributed by atoms with Crippen LogP contribution in [-0.4, -0.2) is 64.9 Å². The van der Waals surface area contributed by atoms with Crippen LogP contribution in [0.1, 0.15) is 24.3 Å². The summed E-state index contributed by atoms with van der Waals surface area (Å²) >= 11 is 0. The van der Waals surface area contributed by atoms with E-state index in [2.05, 4.69) is 10.3 Å². The predicted octanol–water partition coefficient (Wildman–Crippen LogP) is -0.569. The average molecular weight is 337 g/mol. The highest BCUT2D eigenvalue weighted by Gasteiger charge is 2.38. The van der Waals surface area contributed by atoms with Crippen LogP contribution < -0.4 is 16.6 Å². The van der Waals surface area contributed by atoms with Gasteiger partial charge in [-0.15, -0.1) is 0 Å². The van der Waals surface area contributed by atoms with Crippen molar-refractivity contribution in [3.8, 4) is 0 Å². The molecular weight excluding hydrogens is 314 g/mol. The number of carbonyl (C=O) groups is 2. The van der Waals surface area contributed by atoms with Crippen LogP contribution in [0.4, 0.5) is 4.79 Å². The molecule has 1 aromatic rings. The third kappa shape index (κ3) is 3.84. The molecule has 2 rings (SSSR count). The molecule has 3 amide bonds. The van der Waals surface area contributed by atoms with Crippen LogP contribution in [0.25, 0.3) is 0 Å². The first-order valence-corrected chi connectivity index (χ1v) is 7.79. The van der Waals surface area contributed by atoms with Crippen molar-refractivity contribution in [2.75, 3.05) is 27.2 Å². The lowest BCUT2D eigenvalue weighted by molar-refractivity contribution is 0.0776. The minimum absolute atomic E-state index is 0.0501. The molecule has 0 bridgehead atoms. The average Bonchev–Trinajstić information content (AvgIpc) is 2.89. The monoisotopic (exact) mass is 337 g/mol. The zero-order valence-corrected chi connectivity index (χ0v) is 14.3. The molecule has 1 aliphatic heterocycles. The number of aromatic amines is 2. The highest BCUT2D eigenvalue weighted by Crippen LogP contribution is 2.25. The molecule has 0 saturated carbocycles. The van der Waals surface area contributed by atoms with Crippen LogP contribution in [0.5, 0.6) is 0 Å². The van der Waals surface area contributed by atoms with Gasteiger partial charge in [-0.3, -0.25) is 14.6 Å². The molecule has 132 valence electrons. The minimum Gasteiger partial charge on any atom is -0.335 e. The Kier molecular flexibility index (Phi) is 5.10. The predicted molar refractivity (Wildman–Crippen MR) is 87.9 cm³/mol. The van der Waals surface area contributed by atoms with Crippen LogP contribution >= 0.6 is 0 Å². The highest BCUT2D eigenvalue weighted by atomic mass is 16.2. The zero-order valence-electron chi connectivity index (χ0n) is 14.3. The van der Waals surface area contributed by atoms with Crippen molar-refractivity contribution in [3.63, 3.8) is 0 Å². The lowest BCUT2D eigenvalue weighted by Crippen LogP contribution is -2.46. The number of H-pyrrole nitrogens is 2. The number of carbonyl (C=O) groups excluding carboxylic acids is 2. The van der Waals surface area contributed by atoms with Gasteiger partial charge in [-0.2, -0.15) is 0 Å². The molecule has 9 heteroatoms. The molecule has 0 aliphatic carbocycles. The van der Waals surface area contributed by atoms with Crippen molar-refractivity contribution < 1.29 is 9.59 Å². The number of rotatable bonds is 3. The van der Waals surface area contributed by atoms with E-state index in [0.29, 0.717) is 13.1 Å². The second kappa shape index (κ2) is 6.90. The number of aromatic nitrogens is 2. The van der Waals surface area contributed by atoms with Gasteiger partial charge >= 0.3 is 11.7 Å². The van der Waals surface area contributed by atoms with E-state index in [-0.39, 0.29) is 29.6 Å². The van der Waals surface area contributed by atoms with Gasteiger partial charge in [0.05, 0.1) is 6.04 Å². The summed E-state index contributed by atoms with van der Waals surface area (Å²) < 4.78 is 0. The van der Waals surface area contributed by atoms with Crippen LogP contribution in [0.15, 0.2) is 15.7 Å². The maximum absolute atomic E-state index is 12.6. The van der Waals surface area contributed by atoms with E-state index in [1.54, 1.807) is 19.0 Å². The van der Waals surface area contributed by atoms with Gasteiger partial charge in [0.1, 0.15) is 5.69 Å². The molecule has 1 aliphatic rings. The number of amides is 3. The summed E-state index contributed by atoms with van der Waals surface area (Å²) in [5, 5.41) is 2.92. The van der Waals surface area contributed by atoms with E-state index in [4.69, 9.17) is 0 Å². The molecule has 2 atom stereocenters. The van der Waals surface area contributed by atoms with E-state index in [0.717, 1.165) is 6.07 Å². The Bertz CT molecular complexity index is 708. The largest absolute Gasteiger partial charge is 0.335 e. The number of nitrogens with one attached hydrogen (secondary N) is 3. The van der Waals surface area contributed by atoms with E-state index in [1.807, 2.05) is 18.8 Å². The van der Waals surface area contributed by atoms with Crippen molar-refractivity contribution in [1.82, 2.24) is 25.1 Å². The Labute approximate surface area is 139 Å². The minimum atomic E-state index is -0.720. The fourth-order valence-corrected chi connectivity index (χ4v) is 2.86. The Morgan fingerprint density at radius 1 is 1.25 bits per heavy atom. The zero-order chi connectivity index (χ0) is 18.0. The van der Waals surface area contributed by atoms with E-state index < -0.39 is 17.2 Å². The molecule has 0 aromatic carbocycles. The van der Waals surface area contributed by atoms with Gasteiger partial charge in [0.15, 0.2) is 0 Å². The first-order valence-electron chi connectivity index (χ1n) is 7.79. The van der Waals surface area contributed by atoms with E-state index in [1.165, 1.54) is 4.90 Å². The first kappa shape index (κ1) is 17.8. The van der Waals surface area contributed by atoms with E-state index >= 15 is 0 Å². The standard InChI is InChI=1S/C15H23N5O4/c1-8(2)9-6-20(7-11(9)17-15(24)19(3)4)13(22)10-5-12(21)18-14(23)16-10/h5,8-9,11H,6-7H2,1-4H3,(H,17,24)(H2,16,18,21,23)/t9-,11+/m0/s1. The molecule has 0 unspecified atom stereocenters. The fourth-order valence-electron chi connectivity index (χ4n) is 2.86. The molecule has 9 nitrogen and oxygen atoms in total. The summed E-state index contributed by atoms with van der Waals surface area (Å²) in [5.74, 6) is -0.0782. The van der Waals surface area contributed by atoms with Gasteiger partial charge in [-0.05, 0) is 5.92 Å². The molecule has 0 radical (unpaired) electrons. The number of urea groups is 1. The van der Waals surface area contributed by atoms with Crippen LogP contribution in [-0.2, 0) is 0 Å². The summed E-state index contributed by atoms with van der Waals surface area (Å²) in [7, 11) is 3.30. The summed E-state index contributed by atoms with van der Waals surface area (Å²) in [5.41, 5.74) is -1.40. The van der Waals surface area contributed by atoms with Crippen molar-refractivity contribution >= 4 is 11.9 Å². The summed E-state index contributed by atoms with van der Waals surface area (Å²) in [6, 6.07) is 0.668. The maximum atomic E-state index is 12.6. The summed E-state index contributed by atoms with van der Waals surface area (Å²) in [6.45, 7) is 4.84. The quantitative estimate of drug-likeness (QED) is 0.684. The highest BCUT2D eigenvalue weighted by molar-refractivity contribution is 5.92. The number of hydrogen-bond acceptors (Lipinski definition) is 4. The van der Waals surface area contributed by atoms with Gasteiger partial charge in [0.25, 0.3) is 11.5 Å². The maximum Gasteiger partial charge on any atom is 0.326 e. The third-order valence-electron chi connectivity index (χ3n) is 4.21. The van der Waals surface area contributed by atoms with Crippen molar-refractivity contribution in [2.45, 2.75) is 19.9 Å². The Hall–Kier alpha value is -2.58. The van der Waals surface area contributed by atoms with Crippen molar-refractivity contribution in [1.29, 1.82) is 0 Å². The first-order chi connectivity index (χ1) is 11.2. The fraction of sp³-hybridized carbons (Fsp3) is 0.600. The van der Waals surface area contributed by atoms with Crippen LogP contribution in [0, 0.1) is 11.8 Å². The van der Waals surface area contributed by atoms with Gasteiger partial charge in [0.2, 0.25) is 0 Å². The molecular formula is C15H23N5O4. The number of nitrogens with zero attached hydrogens (tertiary/aromatic N) is 2. The van der Waals surface area contributed by atoms with Crippen LogP contribution in [0.3, 0.4) is 0 Å². The van der Waals surface area contributed by atoms with Gasteiger partial charge in [-0.25, -0.2) is 9.59 Å². The molecule has 0 spiro atoms. The topological polar surface area (TPSA) is 118 Å². The Morgan fingerprint density at radius 3 is 2.46 bits per heavy atom. The van der Waals surface area contributed by atoms with Crippen molar-refractivity contribution in [3.05, 3.63) is 32.6 Å². The third-order valence-corrected chi connectivity index (χ3v) is 4.21. The summed E-state index contributed by atoms with van der Waals surface area (Å²) in [6.07, 6.45) is 0. The lowest BCUT2D eigenvalue weighted by Gasteiger charge is -2.24. The molecule has 1 fully saturated rings. The second-order valence-corrected chi connectivity index (χ2v) is 6.57. The number of likely N-dealkylation sites (tertiary alicyclic amines) is 1. The SMILES string of the molecule is CC(C)[C@@H]1CN(C(=O)c2cc(=O)[nH]c(=O)[nH]2)C[C@H]1NC(=O)N(C)C. The van der Waals surface area contributed by atoms with Gasteiger partial charge < -0.3 is 20.1 Å². The molecule has 3 N–H and O–H groups in total. The Balaban J connectivity index is 2.20. The molecule has 24 heavy (non-hydrogen) atoms. The second-order valence-electron chi connectivity index (χ2n) is 6.57. The van der Waals surface area contributed by atoms with Gasteiger partial charge in [0, 0.05) is 39.2 Å². The summed E-state index contributed by atoms with van der Waals surface area (Å²) in [4.78, 5) is 54.6. The molecule has 2 heterocycles. The smallest absolute Gasteiger partial charge is 0.326 e. The van der Waals surface area contributed by atoms with Crippen molar-refractivity contribution in [2.24, 2.45) is 11.8 Å². The normalized spacial score (nSPS) is 20.3. The van der Waals surface area contributed by atoms with Crippen LogP contribution in [0.2, 0.25) is 0 Å².